The van der Waals surface area contributed by atoms with Crippen molar-refractivity contribution in [3.63, 3.8) is 0 Å². The monoisotopic (exact) mass is 176 g/mol. The van der Waals surface area contributed by atoms with Crippen molar-refractivity contribution >= 4 is 11.8 Å². The Bertz CT molecular complexity index is 272. The van der Waals surface area contributed by atoms with Gasteiger partial charge >= 0.3 is 0 Å². The average molecular weight is 176 g/mol. The molecular weight excluding hydrogens is 164 g/mol. The van der Waals surface area contributed by atoms with E-state index in [2.05, 4.69) is 24.8 Å². The first-order valence-electron chi connectivity index (χ1n) is 3.88. The van der Waals surface area contributed by atoms with E-state index < -0.39 is 0 Å². The van der Waals surface area contributed by atoms with Crippen LogP contribution in [0.4, 0.5) is 0 Å². The van der Waals surface area contributed by atoms with Gasteiger partial charge in [-0.25, -0.2) is 0 Å². The van der Waals surface area contributed by atoms with Crippen LogP contribution in [0.1, 0.15) is 6.92 Å². The molecule has 0 radical (unpaired) electrons. The van der Waals surface area contributed by atoms with Gasteiger partial charge in [-0.1, -0.05) is 48.7 Å². The van der Waals surface area contributed by atoms with Gasteiger partial charge in [0.2, 0.25) is 0 Å². The van der Waals surface area contributed by atoms with Crippen LogP contribution in [0.15, 0.2) is 58.9 Å². The maximum absolute atomic E-state index is 3.74. The molecule has 0 spiro atoms. The van der Waals surface area contributed by atoms with Crippen molar-refractivity contribution in [1.29, 1.82) is 0 Å². The van der Waals surface area contributed by atoms with Gasteiger partial charge in [-0.05, 0) is 19.1 Å². The number of rotatable bonds is 3. The third-order valence-electron chi connectivity index (χ3n) is 1.46. The van der Waals surface area contributed by atoms with E-state index in [0.717, 1.165) is 0 Å². The molecule has 0 aliphatic rings. The van der Waals surface area contributed by atoms with Gasteiger partial charge < -0.3 is 0 Å². The number of thioether (sulfide) groups is 1. The predicted molar refractivity (Wildman–Crippen MR) is 56.3 cm³/mol. The quantitative estimate of drug-likeness (QED) is 0.497. The molecule has 0 N–H and O–H groups in total. The Hall–Kier alpha value is -0.950. The topological polar surface area (TPSA) is 0 Å². The van der Waals surface area contributed by atoms with E-state index in [1.807, 2.05) is 31.2 Å². The molecule has 0 aromatic heterocycles. The minimum atomic E-state index is 1.20. The van der Waals surface area contributed by atoms with E-state index in [1.54, 1.807) is 11.8 Å². The molecule has 0 fully saturated rings. The average Bonchev–Trinajstić information content (AvgIpc) is 2.16. The maximum atomic E-state index is 3.74. The van der Waals surface area contributed by atoms with Crippen molar-refractivity contribution in [2.45, 2.75) is 11.8 Å². The zero-order chi connectivity index (χ0) is 8.81. The predicted octanol–water partition coefficient (Wildman–Crippen LogP) is 3.87. The number of hydrogen-bond donors (Lipinski definition) is 0. The first-order valence-corrected chi connectivity index (χ1v) is 4.70. The smallest absolute Gasteiger partial charge is 0.0122 e. The van der Waals surface area contributed by atoms with Crippen LogP contribution in [-0.2, 0) is 0 Å². The molecule has 1 heteroatoms. The van der Waals surface area contributed by atoms with E-state index >= 15 is 0 Å². The third-order valence-corrected chi connectivity index (χ3v) is 2.61. The molecule has 62 valence electrons. The van der Waals surface area contributed by atoms with Crippen LogP contribution in [0.3, 0.4) is 0 Å². The zero-order valence-corrected chi connectivity index (χ0v) is 7.97. The van der Waals surface area contributed by atoms with E-state index in [9.17, 15) is 0 Å². The summed E-state index contributed by atoms with van der Waals surface area (Å²) in [6.07, 6.45) is 3.93. The molecule has 0 aliphatic carbocycles. The molecule has 0 unspecified atom stereocenters. The molecule has 0 aliphatic heterocycles. The largest absolute Gasteiger partial charge is 0.0980 e. The molecule has 0 bridgehead atoms. The van der Waals surface area contributed by atoms with Crippen molar-refractivity contribution in [3.8, 4) is 0 Å². The summed E-state index contributed by atoms with van der Waals surface area (Å²) in [5, 5.41) is 0. The summed E-state index contributed by atoms with van der Waals surface area (Å²) in [6, 6.07) is 10.3. The summed E-state index contributed by atoms with van der Waals surface area (Å²) >= 11 is 1.73. The number of hydrogen-bond acceptors (Lipinski definition) is 1. The molecule has 0 saturated carbocycles. The maximum Gasteiger partial charge on any atom is 0.0122 e. The molecule has 0 nitrogen and oxygen atoms in total. The Morgan fingerprint density at radius 3 is 2.50 bits per heavy atom. The Morgan fingerprint density at radius 1 is 1.33 bits per heavy atom. The van der Waals surface area contributed by atoms with Crippen molar-refractivity contribution in [2.75, 3.05) is 0 Å². The van der Waals surface area contributed by atoms with Crippen LogP contribution >= 0.6 is 11.8 Å². The highest BCUT2D eigenvalue weighted by molar-refractivity contribution is 8.03. The van der Waals surface area contributed by atoms with Crippen LogP contribution in [0, 0.1) is 0 Å². The highest BCUT2D eigenvalue weighted by Crippen LogP contribution is 2.26. The molecule has 0 saturated heterocycles. The Morgan fingerprint density at radius 2 is 2.00 bits per heavy atom. The summed E-state index contributed by atoms with van der Waals surface area (Å²) in [4.78, 5) is 2.45. The van der Waals surface area contributed by atoms with Crippen molar-refractivity contribution < 1.29 is 0 Å². The zero-order valence-electron chi connectivity index (χ0n) is 7.16. The molecule has 1 aromatic carbocycles. The van der Waals surface area contributed by atoms with Crippen molar-refractivity contribution in [3.05, 3.63) is 54.0 Å². The summed E-state index contributed by atoms with van der Waals surface area (Å²) in [6.45, 7) is 5.76. The second-order valence-electron chi connectivity index (χ2n) is 2.31. The van der Waals surface area contributed by atoms with Gasteiger partial charge in [0.1, 0.15) is 0 Å². The van der Waals surface area contributed by atoms with Gasteiger partial charge in [-0.3, -0.25) is 0 Å². The van der Waals surface area contributed by atoms with Gasteiger partial charge in [0, 0.05) is 9.80 Å². The highest BCUT2D eigenvalue weighted by atomic mass is 32.2. The van der Waals surface area contributed by atoms with Gasteiger partial charge in [0.25, 0.3) is 0 Å². The Kier molecular flexibility index (Phi) is 3.68. The van der Waals surface area contributed by atoms with Crippen LogP contribution in [-0.4, -0.2) is 0 Å². The molecule has 1 rings (SSSR count). The standard InChI is InChI=1S/C11H12S/c1-3-10(4-2)12-11-8-6-5-7-9-11/h3-9H,1H2,2H3/b10-4-. The van der Waals surface area contributed by atoms with Crippen LogP contribution in [0.25, 0.3) is 0 Å². The van der Waals surface area contributed by atoms with Gasteiger partial charge in [-0.2, -0.15) is 0 Å². The fraction of sp³-hybridized carbons (Fsp3) is 0.0909. The van der Waals surface area contributed by atoms with E-state index in [1.165, 1.54) is 9.80 Å². The summed E-state index contributed by atoms with van der Waals surface area (Å²) in [5.41, 5.74) is 0. The lowest BCUT2D eigenvalue weighted by atomic mass is 10.4. The lowest BCUT2D eigenvalue weighted by Crippen LogP contribution is -1.70. The summed E-state index contributed by atoms with van der Waals surface area (Å²) in [7, 11) is 0. The normalized spacial score (nSPS) is 11.2. The fourth-order valence-electron chi connectivity index (χ4n) is 0.843. The number of allylic oxidation sites excluding steroid dienone is 2. The minimum Gasteiger partial charge on any atom is -0.0980 e. The fourth-order valence-corrected chi connectivity index (χ4v) is 1.61. The van der Waals surface area contributed by atoms with E-state index in [0.29, 0.717) is 0 Å². The second-order valence-corrected chi connectivity index (χ2v) is 3.46. The lowest BCUT2D eigenvalue weighted by Gasteiger charge is -1.99. The molecule has 12 heavy (non-hydrogen) atoms. The summed E-state index contributed by atoms with van der Waals surface area (Å²) in [5.74, 6) is 0. The molecule has 0 atom stereocenters. The van der Waals surface area contributed by atoms with Crippen molar-refractivity contribution in [2.24, 2.45) is 0 Å². The lowest BCUT2D eigenvalue weighted by molar-refractivity contribution is 1.47. The van der Waals surface area contributed by atoms with E-state index in [-0.39, 0.29) is 0 Å². The van der Waals surface area contributed by atoms with Crippen LogP contribution in [0.2, 0.25) is 0 Å². The van der Waals surface area contributed by atoms with Crippen molar-refractivity contribution in [1.82, 2.24) is 0 Å². The molecular formula is C11H12S. The Labute approximate surface area is 78.0 Å². The number of benzene rings is 1. The minimum absolute atomic E-state index is 1.20. The second kappa shape index (κ2) is 4.83. The van der Waals surface area contributed by atoms with Gasteiger partial charge in [0.05, 0.1) is 0 Å². The Balaban J connectivity index is 2.70. The molecule has 0 amide bonds. The van der Waals surface area contributed by atoms with Crippen LogP contribution < -0.4 is 0 Å². The van der Waals surface area contributed by atoms with E-state index in [4.69, 9.17) is 0 Å². The SMILES string of the molecule is C=C/C(=C/C)Sc1ccccc1. The third kappa shape index (κ3) is 2.59. The molecule has 1 aromatic rings. The van der Waals surface area contributed by atoms with Crippen LogP contribution in [0.5, 0.6) is 0 Å². The summed E-state index contributed by atoms with van der Waals surface area (Å²) < 4.78 is 0. The molecule has 0 heterocycles. The first-order chi connectivity index (χ1) is 5.86. The first kappa shape index (κ1) is 9.14. The van der Waals surface area contributed by atoms with Gasteiger partial charge in [-0.15, -0.1) is 0 Å². The highest BCUT2D eigenvalue weighted by Gasteiger charge is 1.93. The van der Waals surface area contributed by atoms with Gasteiger partial charge in [0.15, 0.2) is 0 Å².